The second-order valence-electron chi connectivity index (χ2n) is 11.1. The zero-order chi connectivity index (χ0) is 28.6. The number of hydrogen-bond donors (Lipinski definition) is 2. The minimum absolute atomic E-state index is 0.0497. The van der Waals surface area contributed by atoms with Crippen LogP contribution in [0.5, 0.6) is 0 Å². The number of aliphatic hydroxyl groups is 1. The third-order valence-electron chi connectivity index (χ3n) is 8.56. The van der Waals surface area contributed by atoms with E-state index < -0.39 is 11.4 Å². The standard InChI is InChI=1S/C30H36ClFN6O2/c1-5-38(6-2)11-7-8-23-15-26(37(4)35-23)30(40)16-20-12-19(13-21(20)17-30)27-28(36(3)18-33-27)29(39)34-22-9-10-25(32)24(31)14-22/h9-10,14-15,18-21,40H,5-6,11-13,16-17H2,1-4H3,(H,34,39). The lowest BCUT2D eigenvalue weighted by molar-refractivity contribution is 0.0263. The number of carbonyl (C=O) groups excluding carboxylic acids is 1. The molecule has 2 N–H and O–H groups in total. The lowest BCUT2D eigenvalue weighted by atomic mass is 9.90. The van der Waals surface area contributed by atoms with Crippen molar-refractivity contribution in [2.45, 2.75) is 51.0 Å². The molecule has 2 saturated carbocycles. The number of halogens is 2. The normalized spacial score (nSPS) is 23.8. The molecule has 2 atom stereocenters. The van der Waals surface area contributed by atoms with E-state index >= 15 is 0 Å². The molecule has 5 rings (SSSR count). The molecule has 2 aromatic heterocycles. The number of carbonyl (C=O) groups is 1. The van der Waals surface area contributed by atoms with Gasteiger partial charge in [-0.05, 0) is 80.8 Å². The van der Waals surface area contributed by atoms with Gasteiger partial charge >= 0.3 is 0 Å². The summed E-state index contributed by atoms with van der Waals surface area (Å²) in [5, 5.41) is 19.1. The average Bonchev–Trinajstić information content (AvgIpc) is 3.66. The molecule has 2 heterocycles. The summed E-state index contributed by atoms with van der Waals surface area (Å²) in [7, 11) is 3.66. The molecule has 0 radical (unpaired) electrons. The van der Waals surface area contributed by atoms with Crippen LogP contribution < -0.4 is 5.32 Å². The average molecular weight is 567 g/mol. The summed E-state index contributed by atoms with van der Waals surface area (Å²) in [4.78, 5) is 20.1. The fraction of sp³-hybridized carbons (Fsp3) is 0.500. The predicted molar refractivity (Wildman–Crippen MR) is 153 cm³/mol. The highest BCUT2D eigenvalue weighted by atomic mass is 35.5. The molecule has 2 fully saturated rings. The van der Waals surface area contributed by atoms with Gasteiger partial charge in [0.1, 0.15) is 22.8 Å². The zero-order valence-electron chi connectivity index (χ0n) is 23.4. The monoisotopic (exact) mass is 566 g/mol. The Hall–Kier alpha value is -3.19. The van der Waals surface area contributed by atoms with E-state index in [1.54, 1.807) is 22.6 Å². The van der Waals surface area contributed by atoms with Gasteiger partial charge in [0, 0.05) is 25.7 Å². The summed E-state index contributed by atoms with van der Waals surface area (Å²) in [5.74, 6) is 6.26. The third kappa shape index (κ3) is 5.53. The van der Waals surface area contributed by atoms with Crippen LogP contribution in [0.15, 0.2) is 30.6 Å². The quantitative estimate of drug-likeness (QED) is 0.405. The number of amides is 1. The molecule has 212 valence electrons. The predicted octanol–water partition coefficient (Wildman–Crippen LogP) is 4.68. The Morgan fingerprint density at radius 3 is 2.58 bits per heavy atom. The number of nitrogens with one attached hydrogen (secondary N) is 1. The molecule has 8 nitrogen and oxygen atoms in total. The molecule has 2 aliphatic rings. The number of imidazole rings is 1. The van der Waals surface area contributed by atoms with Crippen molar-refractivity contribution in [2.75, 3.05) is 25.0 Å². The van der Waals surface area contributed by atoms with E-state index in [-0.39, 0.29) is 16.8 Å². The molecule has 0 aliphatic heterocycles. The second kappa shape index (κ2) is 11.4. The maximum Gasteiger partial charge on any atom is 0.274 e. The van der Waals surface area contributed by atoms with Crippen LogP contribution >= 0.6 is 11.6 Å². The number of hydrogen-bond acceptors (Lipinski definition) is 5. The highest BCUT2D eigenvalue weighted by Gasteiger charge is 2.51. The molecule has 2 unspecified atom stereocenters. The van der Waals surface area contributed by atoms with E-state index in [0.29, 0.717) is 48.3 Å². The van der Waals surface area contributed by atoms with Crippen molar-refractivity contribution in [1.82, 2.24) is 24.2 Å². The number of benzene rings is 1. The molecule has 0 bridgehead atoms. The fourth-order valence-corrected chi connectivity index (χ4v) is 6.72. The van der Waals surface area contributed by atoms with Crippen LogP contribution in [0.4, 0.5) is 10.1 Å². The lowest BCUT2D eigenvalue weighted by Gasteiger charge is -2.25. The number of aromatic nitrogens is 4. The van der Waals surface area contributed by atoms with Gasteiger partial charge in [0.05, 0.1) is 29.3 Å². The van der Waals surface area contributed by atoms with Crippen LogP contribution in [0.3, 0.4) is 0 Å². The Morgan fingerprint density at radius 2 is 1.93 bits per heavy atom. The minimum atomic E-state index is -0.951. The van der Waals surface area contributed by atoms with Crippen molar-refractivity contribution in [2.24, 2.45) is 25.9 Å². The Labute approximate surface area is 239 Å². The van der Waals surface area contributed by atoms with E-state index in [1.807, 2.05) is 13.1 Å². The van der Waals surface area contributed by atoms with E-state index in [4.69, 9.17) is 11.6 Å². The summed E-state index contributed by atoms with van der Waals surface area (Å²) in [6.45, 7) is 6.84. The molecule has 10 heteroatoms. The smallest absolute Gasteiger partial charge is 0.274 e. The van der Waals surface area contributed by atoms with Crippen molar-refractivity contribution in [1.29, 1.82) is 0 Å². The number of fused-ring (bicyclic) bond motifs is 1. The fourth-order valence-electron chi connectivity index (χ4n) is 6.54. The topological polar surface area (TPSA) is 88.2 Å². The summed E-state index contributed by atoms with van der Waals surface area (Å²) in [5.41, 5.74) is 2.21. The first-order valence-corrected chi connectivity index (χ1v) is 14.2. The molecule has 40 heavy (non-hydrogen) atoms. The largest absolute Gasteiger partial charge is 0.384 e. The van der Waals surface area contributed by atoms with E-state index in [0.717, 1.165) is 37.3 Å². The molecular formula is C30H36ClFN6O2. The Bertz CT molecular complexity index is 1450. The Kier molecular flexibility index (Phi) is 8.05. The first kappa shape index (κ1) is 28.3. The second-order valence-corrected chi connectivity index (χ2v) is 11.5. The van der Waals surface area contributed by atoms with Crippen LogP contribution in [-0.4, -0.2) is 54.9 Å². The number of anilines is 1. The van der Waals surface area contributed by atoms with Gasteiger partial charge < -0.3 is 15.0 Å². The minimum Gasteiger partial charge on any atom is -0.384 e. The van der Waals surface area contributed by atoms with Crippen LogP contribution in [-0.2, 0) is 19.7 Å². The van der Waals surface area contributed by atoms with Gasteiger partial charge in [0.15, 0.2) is 0 Å². The summed E-state index contributed by atoms with van der Waals surface area (Å²) in [6, 6.07) is 6.03. The van der Waals surface area contributed by atoms with Crippen LogP contribution in [0.2, 0.25) is 5.02 Å². The molecule has 0 spiro atoms. The van der Waals surface area contributed by atoms with Crippen molar-refractivity contribution >= 4 is 23.2 Å². The zero-order valence-corrected chi connectivity index (χ0v) is 24.2. The lowest BCUT2D eigenvalue weighted by Crippen LogP contribution is -2.26. The van der Waals surface area contributed by atoms with Crippen molar-refractivity contribution in [3.8, 4) is 11.8 Å². The van der Waals surface area contributed by atoms with Gasteiger partial charge in [0.25, 0.3) is 5.91 Å². The highest BCUT2D eigenvalue weighted by Crippen LogP contribution is 2.56. The van der Waals surface area contributed by atoms with Crippen LogP contribution in [0.1, 0.15) is 73.0 Å². The maximum atomic E-state index is 13.6. The molecule has 1 aromatic carbocycles. The Morgan fingerprint density at radius 1 is 1.23 bits per heavy atom. The van der Waals surface area contributed by atoms with Gasteiger partial charge in [-0.2, -0.15) is 5.10 Å². The van der Waals surface area contributed by atoms with Gasteiger partial charge in [0.2, 0.25) is 0 Å². The third-order valence-corrected chi connectivity index (χ3v) is 8.85. The molecular weight excluding hydrogens is 531 g/mol. The van der Waals surface area contributed by atoms with Gasteiger partial charge in [-0.15, -0.1) is 0 Å². The molecule has 0 saturated heterocycles. The summed E-state index contributed by atoms with van der Waals surface area (Å²) < 4.78 is 17.0. The Balaban J connectivity index is 1.27. The molecule has 1 amide bonds. The van der Waals surface area contributed by atoms with E-state index in [2.05, 4.69) is 46.0 Å². The number of nitrogens with zero attached hydrogens (tertiary/aromatic N) is 5. The van der Waals surface area contributed by atoms with Crippen molar-refractivity contribution in [3.63, 3.8) is 0 Å². The highest BCUT2D eigenvalue weighted by molar-refractivity contribution is 6.31. The first-order valence-electron chi connectivity index (χ1n) is 13.9. The van der Waals surface area contributed by atoms with E-state index in [1.165, 1.54) is 18.2 Å². The number of rotatable bonds is 7. The summed E-state index contributed by atoms with van der Waals surface area (Å²) >= 11 is 5.89. The van der Waals surface area contributed by atoms with Crippen molar-refractivity contribution < 1.29 is 14.3 Å². The van der Waals surface area contributed by atoms with Crippen LogP contribution in [0, 0.1) is 29.5 Å². The van der Waals surface area contributed by atoms with Gasteiger partial charge in [-0.25, -0.2) is 9.37 Å². The molecule has 3 aromatic rings. The van der Waals surface area contributed by atoms with Crippen LogP contribution in [0.25, 0.3) is 0 Å². The number of aryl methyl sites for hydroxylation is 2. The SMILES string of the molecule is CCN(CC)CC#Cc1cc(C2(O)CC3CC(c4ncn(C)c4C(=O)Nc4ccc(F)c(Cl)c4)CC3C2)n(C)n1. The maximum absolute atomic E-state index is 13.6. The molecule has 2 aliphatic carbocycles. The van der Waals surface area contributed by atoms with Gasteiger partial charge in [-0.1, -0.05) is 31.4 Å². The first-order chi connectivity index (χ1) is 19.1. The van der Waals surface area contributed by atoms with Gasteiger partial charge in [-0.3, -0.25) is 14.4 Å². The van der Waals surface area contributed by atoms with E-state index in [9.17, 15) is 14.3 Å². The summed E-state index contributed by atoms with van der Waals surface area (Å²) in [6.07, 6.45) is 4.64. The van der Waals surface area contributed by atoms with Crippen molar-refractivity contribution in [3.05, 3.63) is 64.2 Å².